The Bertz CT molecular complexity index is 759. The Morgan fingerprint density at radius 3 is 2.14 bits per heavy atom. The molecule has 1 aromatic carbocycles. The summed E-state index contributed by atoms with van der Waals surface area (Å²) < 4.78 is 0. The molecule has 3 rings (SSSR count). The Hall–Kier alpha value is -1.36. The van der Waals surface area contributed by atoms with Gasteiger partial charge in [0.1, 0.15) is 0 Å². The fraction of sp³-hybridized carbons (Fsp3) is 0.667. The van der Waals surface area contributed by atoms with Gasteiger partial charge in [0.05, 0.1) is 12.7 Å². The van der Waals surface area contributed by atoms with Gasteiger partial charge in [-0.3, -0.25) is 0 Å². The summed E-state index contributed by atoms with van der Waals surface area (Å²) in [5.74, 6) is 0. The first kappa shape index (κ1) is 21.4. The van der Waals surface area contributed by atoms with Crippen molar-refractivity contribution in [2.75, 3.05) is 12.8 Å². The topological polar surface area (TPSA) is 58.7 Å². The predicted octanol–water partition coefficient (Wildman–Crippen LogP) is 5.26. The van der Waals surface area contributed by atoms with Gasteiger partial charge in [-0.25, -0.2) is 0 Å². The van der Waals surface area contributed by atoms with Crippen molar-refractivity contribution in [3.05, 3.63) is 35.4 Å². The number of rotatable bonds is 3. The minimum absolute atomic E-state index is 0.291. The molecule has 1 aromatic rings. The van der Waals surface area contributed by atoms with Crippen LogP contribution >= 0.6 is 0 Å². The number of hydrogen-bond donors (Lipinski definition) is 2. The van der Waals surface area contributed by atoms with E-state index in [2.05, 4.69) is 53.7 Å². The molecular formula is C24H38N2O2. The number of nitrogen functional groups attached to an aromatic ring is 1. The van der Waals surface area contributed by atoms with Gasteiger partial charge in [-0.15, -0.1) is 0 Å². The van der Waals surface area contributed by atoms with Crippen molar-refractivity contribution in [3.8, 4) is 0 Å². The van der Waals surface area contributed by atoms with E-state index in [4.69, 9.17) is 10.6 Å². The predicted molar refractivity (Wildman–Crippen MR) is 117 cm³/mol. The molecule has 4 heteroatoms. The van der Waals surface area contributed by atoms with Gasteiger partial charge in [-0.05, 0) is 75.6 Å². The van der Waals surface area contributed by atoms with Gasteiger partial charge < -0.3 is 15.7 Å². The molecule has 0 radical (unpaired) electrons. The monoisotopic (exact) mass is 386 g/mol. The van der Waals surface area contributed by atoms with Gasteiger partial charge in [0.15, 0.2) is 0 Å². The van der Waals surface area contributed by atoms with Crippen molar-refractivity contribution in [3.63, 3.8) is 0 Å². The lowest BCUT2D eigenvalue weighted by molar-refractivity contribution is -0.294. The third kappa shape index (κ3) is 3.87. The largest absolute Gasteiger partial charge is 0.398 e. The van der Waals surface area contributed by atoms with Crippen molar-refractivity contribution in [2.45, 2.75) is 90.3 Å². The maximum atomic E-state index is 11.8. The summed E-state index contributed by atoms with van der Waals surface area (Å²) in [4.78, 5) is 5.70. The Morgan fingerprint density at radius 2 is 1.64 bits per heavy atom. The van der Waals surface area contributed by atoms with Crippen LogP contribution in [0.4, 0.5) is 5.69 Å². The Morgan fingerprint density at radius 1 is 1.04 bits per heavy atom. The fourth-order valence-corrected chi connectivity index (χ4v) is 5.60. The number of allylic oxidation sites excluding steroid dienone is 2. The molecular weight excluding hydrogens is 348 g/mol. The fourth-order valence-electron chi connectivity index (χ4n) is 5.60. The molecule has 1 aliphatic carbocycles. The summed E-state index contributed by atoms with van der Waals surface area (Å²) in [6, 6.07) is 6.10. The third-order valence-corrected chi connectivity index (χ3v) is 6.64. The van der Waals surface area contributed by atoms with Crippen LogP contribution in [-0.2, 0) is 10.4 Å². The van der Waals surface area contributed by atoms with E-state index in [-0.39, 0.29) is 11.1 Å². The first-order valence-electron chi connectivity index (χ1n) is 10.5. The summed E-state index contributed by atoms with van der Waals surface area (Å²) in [5, 5.41) is 13.8. The van der Waals surface area contributed by atoms with E-state index < -0.39 is 5.60 Å². The molecule has 1 heterocycles. The average Bonchev–Trinajstić information content (AvgIpc) is 2.53. The van der Waals surface area contributed by atoms with Gasteiger partial charge in [0, 0.05) is 35.2 Å². The second-order valence-corrected chi connectivity index (χ2v) is 10.9. The molecule has 0 bridgehead atoms. The normalized spacial score (nSPS) is 25.9. The molecule has 1 saturated heterocycles. The van der Waals surface area contributed by atoms with E-state index in [0.29, 0.717) is 18.3 Å². The van der Waals surface area contributed by atoms with Crippen LogP contribution in [0.1, 0.15) is 84.8 Å². The molecule has 0 saturated carbocycles. The van der Waals surface area contributed by atoms with Crippen LogP contribution < -0.4 is 5.73 Å². The Kier molecular flexibility index (Phi) is 5.23. The van der Waals surface area contributed by atoms with Crippen LogP contribution in [0.15, 0.2) is 24.3 Å². The maximum Gasteiger partial charge on any atom is 0.0933 e. The van der Waals surface area contributed by atoms with Crippen LogP contribution in [0.25, 0.3) is 5.57 Å². The third-order valence-electron chi connectivity index (χ3n) is 6.64. The van der Waals surface area contributed by atoms with Gasteiger partial charge in [-0.2, -0.15) is 5.06 Å². The number of benzene rings is 1. The number of hydroxylamine groups is 2. The van der Waals surface area contributed by atoms with Crippen molar-refractivity contribution < 1.29 is 9.94 Å². The zero-order valence-corrected chi connectivity index (χ0v) is 18.7. The van der Waals surface area contributed by atoms with Crippen LogP contribution in [-0.4, -0.2) is 28.4 Å². The highest BCUT2D eigenvalue weighted by Crippen LogP contribution is 2.49. The number of aliphatic hydroxyl groups is 1. The molecule has 1 fully saturated rings. The van der Waals surface area contributed by atoms with E-state index in [1.807, 2.05) is 17.2 Å². The van der Waals surface area contributed by atoms with E-state index >= 15 is 0 Å². The molecule has 0 atom stereocenters. The van der Waals surface area contributed by atoms with Gasteiger partial charge >= 0.3 is 0 Å². The van der Waals surface area contributed by atoms with Crippen molar-refractivity contribution >= 4 is 11.3 Å². The molecule has 1 aliphatic heterocycles. The summed E-state index contributed by atoms with van der Waals surface area (Å²) in [6.45, 7) is 13.2. The zero-order chi connectivity index (χ0) is 21.0. The van der Waals surface area contributed by atoms with Crippen molar-refractivity contribution in [2.24, 2.45) is 5.41 Å². The van der Waals surface area contributed by atoms with Gasteiger partial charge in [-0.1, -0.05) is 26.0 Å². The number of nitrogens with zero attached hydrogens (tertiary/aromatic N) is 1. The number of piperidine rings is 1. The van der Waals surface area contributed by atoms with E-state index in [9.17, 15) is 5.11 Å². The second kappa shape index (κ2) is 6.86. The highest BCUT2D eigenvalue weighted by molar-refractivity contribution is 5.76. The molecule has 2 aliphatic rings. The number of nitrogens with two attached hydrogens (primary N) is 1. The van der Waals surface area contributed by atoms with Crippen molar-refractivity contribution in [1.82, 2.24) is 5.06 Å². The average molecular weight is 387 g/mol. The summed E-state index contributed by atoms with van der Waals surface area (Å²) >= 11 is 0. The second-order valence-electron chi connectivity index (χ2n) is 10.9. The van der Waals surface area contributed by atoms with Gasteiger partial charge in [0.2, 0.25) is 0 Å². The maximum absolute atomic E-state index is 11.8. The number of anilines is 1. The van der Waals surface area contributed by atoms with E-state index in [1.54, 1.807) is 7.11 Å². The number of hydrogen-bond acceptors (Lipinski definition) is 4. The zero-order valence-electron chi connectivity index (χ0n) is 18.7. The quantitative estimate of drug-likeness (QED) is 0.695. The molecule has 0 aromatic heterocycles. The van der Waals surface area contributed by atoms with Gasteiger partial charge in [0.25, 0.3) is 0 Å². The summed E-state index contributed by atoms with van der Waals surface area (Å²) in [6.07, 6.45) is 6.81. The first-order chi connectivity index (χ1) is 12.8. The van der Waals surface area contributed by atoms with Crippen LogP contribution in [0.3, 0.4) is 0 Å². The van der Waals surface area contributed by atoms with Crippen LogP contribution in [0.2, 0.25) is 0 Å². The standard InChI is InChI=1S/C24H38N2O2/c1-21(2)12-10-17(11-13-21)19-14-18(8-9-20(19)25)24(27)15-22(3,4)26(28-7)23(5,6)16-24/h8-10,14,27H,11-13,15-16,25H2,1-7H3. The lowest BCUT2D eigenvalue weighted by atomic mass is 9.69. The lowest BCUT2D eigenvalue weighted by Gasteiger charge is -2.56. The van der Waals surface area contributed by atoms with E-state index in [1.165, 1.54) is 5.57 Å². The minimum atomic E-state index is -0.918. The van der Waals surface area contributed by atoms with Crippen molar-refractivity contribution in [1.29, 1.82) is 0 Å². The summed E-state index contributed by atoms with van der Waals surface area (Å²) in [7, 11) is 1.71. The molecule has 156 valence electrons. The summed E-state index contributed by atoms with van der Waals surface area (Å²) in [5.41, 5.74) is 9.38. The van der Waals surface area contributed by atoms with Crippen LogP contribution in [0.5, 0.6) is 0 Å². The SMILES string of the molecule is CON1C(C)(C)CC(O)(c2ccc(N)c(C3=CCC(C)(C)CC3)c2)CC1(C)C. The first-order valence-corrected chi connectivity index (χ1v) is 10.5. The smallest absolute Gasteiger partial charge is 0.0933 e. The Labute approximate surface area is 170 Å². The highest BCUT2D eigenvalue weighted by atomic mass is 16.7. The molecule has 0 unspecified atom stereocenters. The van der Waals surface area contributed by atoms with Crippen LogP contribution in [0, 0.1) is 5.41 Å². The minimum Gasteiger partial charge on any atom is -0.398 e. The Balaban J connectivity index is 1.99. The molecule has 0 spiro atoms. The molecule has 4 nitrogen and oxygen atoms in total. The molecule has 28 heavy (non-hydrogen) atoms. The highest BCUT2D eigenvalue weighted by Gasteiger charge is 2.53. The lowest BCUT2D eigenvalue weighted by Crippen LogP contribution is -2.63. The van der Waals surface area contributed by atoms with E-state index in [0.717, 1.165) is 36.1 Å². The molecule has 0 amide bonds. The molecule has 3 N–H and O–H groups in total.